The van der Waals surface area contributed by atoms with Crippen molar-refractivity contribution >= 4 is 17.5 Å². The first kappa shape index (κ1) is 13.1. The van der Waals surface area contributed by atoms with Crippen LogP contribution in [0.15, 0.2) is 24.3 Å². The van der Waals surface area contributed by atoms with Crippen LogP contribution < -0.4 is 5.11 Å². The third kappa shape index (κ3) is 3.49. The molecule has 0 heterocycles. The van der Waals surface area contributed by atoms with Gasteiger partial charge in [-0.1, -0.05) is 30.3 Å². The molecule has 0 aromatic heterocycles. The number of nitrogens with one attached hydrogen (secondary N) is 1. The molecule has 0 radical (unpaired) electrons. The van der Waals surface area contributed by atoms with Crippen molar-refractivity contribution in [1.29, 1.82) is 0 Å². The summed E-state index contributed by atoms with van der Waals surface area (Å²) in [5.74, 6) is -2.57. The summed E-state index contributed by atoms with van der Waals surface area (Å²) in [6, 6.07) is 4.62. The number of hydrogen-bond acceptors (Lipinski definition) is 4. The van der Waals surface area contributed by atoms with Crippen LogP contribution in [-0.2, 0) is 16.0 Å². The lowest BCUT2D eigenvalue weighted by Gasteiger charge is -2.20. The van der Waals surface area contributed by atoms with Gasteiger partial charge in [-0.15, -0.1) is 0 Å². The zero-order valence-corrected chi connectivity index (χ0v) is 9.23. The molecule has 90 valence electrons. The second-order valence-corrected chi connectivity index (χ2v) is 3.66. The van der Waals surface area contributed by atoms with Crippen molar-refractivity contribution in [3.8, 4) is 0 Å². The van der Waals surface area contributed by atoms with Gasteiger partial charge in [0.25, 0.3) is 0 Å². The Balaban J connectivity index is 2.78. The summed E-state index contributed by atoms with van der Waals surface area (Å²) in [6.45, 7) is 1.19. The minimum atomic E-state index is -1.44. The van der Waals surface area contributed by atoms with Crippen LogP contribution in [-0.4, -0.2) is 23.6 Å². The Kier molecular flexibility index (Phi) is 4.12. The second-order valence-electron chi connectivity index (χ2n) is 3.66. The Morgan fingerprint density at radius 2 is 1.76 bits per heavy atom. The number of carbonyl (C=O) groups excluding carboxylic acids is 3. The predicted octanol–water partition coefficient (Wildman–Crippen LogP) is 0.171. The van der Waals surface area contributed by atoms with Crippen LogP contribution in [0, 0.1) is 0 Å². The summed E-state index contributed by atoms with van der Waals surface area (Å²) in [5, 5.41) is 10.4. The average Bonchev–Trinajstić information content (AvgIpc) is 2.28. The summed E-state index contributed by atoms with van der Waals surface area (Å²) in [5.41, 5.74) is 8.05. The largest absolute Gasteiger partial charge is 0.670 e. The van der Waals surface area contributed by atoms with Gasteiger partial charge in [-0.2, -0.15) is 0 Å². The summed E-state index contributed by atoms with van der Waals surface area (Å²) >= 11 is 0. The summed E-state index contributed by atoms with van der Waals surface area (Å²) in [6.07, 6.45) is 0.0108. The summed E-state index contributed by atoms with van der Waals surface area (Å²) < 4.78 is 0. The summed E-state index contributed by atoms with van der Waals surface area (Å²) in [4.78, 5) is 32.5. The van der Waals surface area contributed by atoms with Crippen LogP contribution in [0.5, 0.6) is 0 Å². The van der Waals surface area contributed by atoms with E-state index in [9.17, 15) is 19.5 Å². The topological polar surface area (TPSA) is 98.1 Å². The van der Waals surface area contributed by atoms with E-state index in [4.69, 9.17) is 5.73 Å². The van der Waals surface area contributed by atoms with Gasteiger partial charge in [-0.05, 0) is 12.0 Å². The first-order valence-electron chi connectivity index (χ1n) is 4.98. The third-order valence-electron chi connectivity index (χ3n) is 2.26. The van der Waals surface area contributed by atoms with Gasteiger partial charge in [-0.25, -0.2) is 0 Å². The van der Waals surface area contributed by atoms with Crippen molar-refractivity contribution in [2.24, 2.45) is 0 Å². The lowest BCUT2D eigenvalue weighted by Crippen LogP contribution is -2.34. The smallest absolute Gasteiger partial charge is 0.228 e. The molecule has 1 aromatic carbocycles. The first-order chi connectivity index (χ1) is 7.91. The number of aliphatic carboxylic acids is 1. The lowest BCUT2D eigenvalue weighted by molar-refractivity contribution is -0.306. The normalized spacial score (nSPS) is 11.9. The maximum absolute atomic E-state index is 11.3. The fraction of sp³-hybridized carbons (Fsp3) is 0.250. The number of carboxylic acid groups (broad SMARTS) is 1. The Morgan fingerprint density at radius 1 is 1.24 bits per heavy atom. The van der Waals surface area contributed by atoms with Crippen LogP contribution in [0.3, 0.4) is 0 Å². The van der Waals surface area contributed by atoms with E-state index in [2.05, 4.69) is 0 Å². The lowest BCUT2D eigenvalue weighted by atomic mass is 10.0. The molecule has 0 aliphatic rings. The molecule has 1 aromatic rings. The second kappa shape index (κ2) is 5.36. The minimum Gasteiger partial charge on any atom is -0.670 e. The molecular weight excluding hydrogens is 222 g/mol. The van der Waals surface area contributed by atoms with Gasteiger partial charge in [0, 0.05) is 18.5 Å². The van der Waals surface area contributed by atoms with Gasteiger partial charge in [-0.3, -0.25) is 9.59 Å². The van der Waals surface area contributed by atoms with Crippen LogP contribution in [0.1, 0.15) is 22.8 Å². The van der Waals surface area contributed by atoms with Gasteiger partial charge in [0.1, 0.15) is 0 Å². The van der Waals surface area contributed by atoms with Crippen LogP contribution in [0.4, 0.5) is 0 Å². The van der Waals surface area contributed by atoms with E-state index in [0.717, 1.165) is 0 Å². The molecule has 0 spiro atoms. The van der Waals surface area contributed by atoms with Crippen molar-refractivity contribution in [3.63, 3.8) is 0 Å². The van der Waals surface area contributed by atoms with Gasteiger partial charge < -0.3 is 15.6 Å². The van der Waals surface area contributed by atoms with E-state index in [0.29, 0.717) is 5.56 Å². The Hall–Kier alpha value is -2.01. The highest BCUT2D eigenvalue weighted by molar-refractivity contribution is 6.42. The Labute approximate surface area is 98.2 Å². The van der Waals surface area contributed by atoms with Crippen LogP contribution in [0.2, 0.25) is 0 Å². The molecule has 0 aliphatic heterocycles. The molecule has 5 nitrogen and oxygen atoms in total. The number of rotatable bonds is 5. The monoisotopic (exact) mass is 233 g/mol. The molecular formula is C12H11NO4-2. The van der Waals surface area contributed by atoms with Crippen molar-refractivity contribution in [2.45, 2.75) is 19.4 Å². The fourth-order valence-corrected chi connectivity index (χ4v) is 1.31. The zero-order valence-electron chi connectivity index (χ0n) is 9.23. The first-order valence-corrected chi connectivity index (χ1v) is 4.98. The van der Waals surface area contributed by atoms with E-state index in [1.807, 2.05) is 0 Å². The Morgan fingerprint density at radius 3 is 2.18 bits per heavy atom. The Bertz CT molecular complexity index is 450. The predicted molar refractivity (Wildman–Crippen MR) is 58.3 cm³/mol. The maximum atomic E-state index is 11.3. The van der Waals surface area contributed by atoms with Gasteiger partial charge >= 0.3 is 0 Å². The number of carboxylic acids is 1. The maximum Gasteiger partial charge on any atom is 0.228 e. The van der Waals surface area contributed by atoms with E-state index in [1.165, 1.54) is 31.2 Å². The highest BCUT2D eigenvalue weighted by Gasteiger charge is 2.10. The van der Waals surface area contributed by atoms with Gasteiger partial charge in [0.15, 0.2) is 5.78 Å². The molecule has 0 aliphatic carbocycles. The van der Waals surface area contributed by atoms with Gasteiger partial charge in [0.2, 0.25) is 5.78 Å². The number of ketones is 2. The highest BCUT2D eigenvalue weighted by atomic mass is 16.4. The molecule has 0 fully saturated rings. The third-order valence-corrected chi connectivity index (χ3v) is 2.26. The number of benzene rings is 1. The summed E-state index contributed by atoms with van der Waals surface area (Å²) in [7, 11) is 0. The molecule has 17 heavy (non-hydrogen) atoms. The number of Topliss-reactive ketones (excluding diaryl/α,β-unsaturated/α-hetero) is 2. The minimum absolute atomic E-state index is 0.0108. The van der Waals surface area contributed by atoms with E-state index in [1.54, 1.807) is 0 Å². The average molecular weight is 233 g/mol. The molecule has 1 unspecified atom stereocenters. The zero-order chi connectivity index (χ0) is 13.0. The van der Waals surface area contributed by atoms with Crippen molar-refractivity contribution in [2.75, 3.05) is 0 Å². The number of hydrogen-bond donors (Lipinski definition) is 0. The molecule has 1 rings (SSSR count). The molecule has 0 saturated carbocycles. The molecule has 0 bridgehead atoms. The van der Waals surface area contributed by atoms with Crippen LogP contribution in [0.25, 0.3) is 5.73 Å². The molecule has 1 N–H and O–H groups in total. The van der Waals surface area contributed by atoms with Gasteiger partial charge in [0.05, 0.1) is 0 Å². The molecule has 1 atom stereocenters. The molecule has 0 amide bonds. The van der Waals surface area contributed by atoms with Crippen molar-refractivity contribution < 1.29 is 19.5 Å². The van der Waals surface area contributed by atoms with Crippen molar-refractivity contribution in [1.82, 2.24) is 0 Å². The van der Waals surface area contributed by atoms with Crippen molar-refractivity contribution in [3.05, 3.63) is 41.1 Å². The SMILES string of the molecule is CC(=O)C(=O)c1ccc(CC([NH-])C(=O)[O-])cc1. The van der Waals surface area contributed by atoms with E-state index in [-0.39, 0.29) is 12.0 Å². The number of carbonyl (C=O) groups is 3. The quantitative estimate of drug-likeness (QED) is 0.534. The van der Waals surface area contributed by atoms with E-state index < -0.39 is 23.6 Å². The van der Waals surface area contributed by atoms with Crippen LogP contribution >= 0.6 is 0 Å². The fourth-order valence-electron chi connectivity index (χ4n) is 1.31. The standard InChI is InChI=1S/C12H12NO4/c1-7(14)11(15)9-4-2-8(3-5-9)6-10(13)12(16)17/h2-5,10,13H,6H2,1H3,(H,16,17)/q-1/p-1. The highest BCUT2D eigenvalue weighted by Crippen LogP contribution is 2.09. The van der Waals surface area contributed by atoms with E-state index >= 15 is 0 Å². The molecule has 5 heteroatoms. The molecule has 0 saturated heterocycles.